The molecule has 1 aromatic carbocycles. The smallest absolute Gasteiger partial charge is 0.186 e. The topological polar surface area (TPSA) is 40.2 Å². The summed E-state index contributed by atoms with van der Waals surface area (Å²) in [7, 11) is 1.63. The van der Waals surface area contributed by atoms with Crippen LogP contribution in [0.25, 0.3) is 0 Å². The Morgan fingerprint density at radius 1 is 1.24 bits per heavy atom. The molecule has 0 spiro atoms. The molecule has 92 valence electrons. The van der Waals surface area contributed by atoms with Gasteiger partial charge in [0.05, 0.1) is 13.2 Å². The first kappa shape index (κ1) is 11.2. The van der Waals surface area contributed by atoms with Gasteiger partial charge in [0.2, 0.25) is 0 Å². The van der Waals surface area contributed by atoms with Gasteiger partial charge in [0.15, 0.2) is 6.29 Å². The molecule has 4 atom stereocenters. The standard InChI is InChI=1S/C13H16O4/c1-14-13-12-11(17-12)10(8-16-13)15-7-9-5-3-2-4-6-9/h2-6,10-13H,7-8H2,1H3/t10-,11-,12-,13-/m1/s1. The molecule has 3 rings (SSSR count). The van der Waals surface area contributed by atoms with Crippen LogP contribution >= 0.6 is 0 Å². The van der Waals surface area contributed by atoms with E-state index in [-0.39, 0.29) is 24.6 Å². The van der Waals surface area contributed by atoms with E-state index in [1.165, 1.54) is 5.56 Å². The minimum atomic E-state index is -0.225. The first-order valence-corrected chi connectivity index (χ1v) is 5.84. The number of hydrogen-bond acceptors (Lipinski definition) is 4. The van der Waals surface area contributed by atoms with Crippen LogP contribution in [0.3, 0.4) is 0 Å². The van der Waals surface area contributed by atoms with Gasteiger partial charge in [-0.05, 0) is 5.56 Å². The monoisotopic (exact) mass is 236 g/mol. The van der Waals surface area contributed by atoms with Crippen molar-refractivity contribution in [3.63, 3.8) is 0 Å². The van der Waals surface area contributed by atoms with Crippen molar-refractivity contribution in [1.82, 2.24) is 0 Å². The summed E-state index contributed by atoms with van der Waals surface area (Å²) in [5.74, 6) is 0. The van der Waals surface area contributed by atoms with Crippen LogP contribution in [0, 0.1) is 0 Å². The maximum atomic E-state index is 5.81. The van der Waals surface area contributed by atoms with Crippen molar-refractivity contribution < 1.29 is 18.9 Å². The number of rotatable bonds is 4. The van der Waals surface area contributed by atoms with E-state index < -0.39 is 0 Å². The molecule has 4 nitrogen and oxygen atoms in total. The molecular formula is C13H16O4. The lowest BCUT2D eigenvalue weighted by atomic mass is 10.1. The van der Waals surface area contributed by atoms with Gasteiger partial charge >= 0.3 is 0 Å². The van der Waals surface area contributed by atoms with Gasteiger partial charge in [-0.2, -0.15) is 0 Å². The Morgan fingerprint density at radius 2 is 2.06 bits per heavy atom. The molecule has 2 fully saturated rings. The van der Waals surface area contributed by atoms with Crippen LogP contribution in [0.5, 0.6) is 0 Å². The van der Waals surface area contributed by atoms with Gasteiger partial charge in [0, 0.05) is 7.11 Å². The number of epoxide rings is 1. The SMILES string of the molecule is CO[C@@H]1OC[C@@H](OCc2ccccc2)[C@H]2O[C@@H]12. The van der Waals surface area contributed by atoms with Crippen molar-refractivity contribution in [2.45, 2.75) is 31.2 Å². The normalized spacial score (nSPS) is 35.4. The van der Waals surface area contributed by atoms with Gasteiger partial charge in [-0.3, -0.25) is 0 Å². The van der Waals surface area contributed by atoms with E-state index in [9.17, 15) is 0 Å². The largest absolute Gasteiger partial charge is 0.368 e. The molecule has 0 saturated carbocycles. The summed E-state index contributed by atoms with van der Waals surface area (Å²) in [4.78, 5) is 0. The number of methoxy groups -OCH3 is 1. The molecular weight excluding hydrogens is 220 g/mol. The zero-order valence-electron chi connectivity index (χ0n) is 9.74. The molecule has 2 saturated heterocycles. The zero-order chi connectivity index (χ0) is 11.7. The molecule has 2 aliphatic heterocycles. The Bertz CT molecular complexity index is 367. The van der Waals surface area contributed by atoms with Crippen molar-refractivity contribution in [1.29, 1.82) is 0 Å². The van der Waals surface area contributed by atoms with Crippen molar-refractivity contribution in [3.8, 4) is 0 Å². The van der Waals surface area contributed by atoms with E-state index in [0.717, 1.165) is 0 Å². The predicted molar refractivity (Wildman–Crippen MR) is 60.4 cm³/mol. The fourth-order valence-electron chi connectivity index (χ4n) is 2.16. The highest BCUT2D eigenvalue weighted by molar-refractivity contribution is 5.13. The van der Waals surface area contributed by atoms with Crippen molar-refractivity contribution in [2.24, 2.45) is 0 Å². The third-order valence-corrected chi connectivity index (χ3v) is 3.16. The van der Waals surface area contributed by atoms with Crippen LogP contribution in [-0.2, 0) is 25.6 Å². The van der Waals surface area contributed by atoms with Gasteiger partial charge in [-0.15, -0.1) is 0 Å². The van der Waals surface area contributed by atoms with E-state index >= 15 is 0 Å². The van der Waals surface area contributed by atoms with Crippen LogP contribution in [-0.4, -0.2) is 38.3 Å². The Morgan fingerprint density at radius 3 is 2.82 bits per heavy atom. The van der Waals surface area contributed by atoms with Crippen LogP contribution in [0.4, 0.5) is 0 Å². The molecule has 0 unspecified atom stereocenters. The number of ether oxygens (including phenoxy) is 4. The Labute approximate surface area is 100 Å². The number of hydrogen-bond donors (Lipinski definition) is 0. The Kier molecular flexibility index (Phi) is 3.11. The second-order valence-electron chi connectivity index (χ2n) is 4.34. The summed E-state index contributed by atoms with van der Waals surface area (Å²) in [5.41, 5.74) is 1.17. The zero-order valence-corrected chi connectivity index (χ0v) is 9.74. The lowest BCUT2D eigenvalue weighted by molar-refractivity contribution is -0.170. The molecule has 0 N–H and O–H groups in total. The molecule has 4 heteroatoms. The molecule has 0 aliphatic carbocycles. The van der Waals surface area contributed by atoms with Crippen LogP contribution in [0.1, 0.15) is 5.56 Å². The molecule has 0 radical (unpaired) electrons. The summed E-state index contributed by atoms with van der Waals surface area (Å²) in [5, 5.41) is 0. The molecule has 0 aromatic heterocycles. The van der Waals surface area contributed by atoms with E-state index in [4.69, 9.17) is 18.9 Å². The summed E-state index contributed by atoms with van der Waals surface area (Å²) in [6.07, 6.45) is -0.0184. The van der Waals surface area contributed by atoms with Crippen molar-refractivity contribution in [2.75, 3.05) is 13.7 Å². The molecule has 1 aromatic rings. The van der Waals surface area contributed by atoms with Gasteiger partial charge in [-0.1, -0.05) is 30.3 Å². The van der Waals surface area contributed by atoms with E-state index in [1.54, 1.807) is 7.11 Å². The summed E-state index contributed by atoms with van der Waals surface area (Å²) in [6.45, 7) is 1.13. The number of fused-ring (bicyclic) bond motifs is 1. The molecule has 0 bridgehead atoms. The highest BCUT2D eigenvalue weighted by Crippen LogP contribution is 2.36. The lowest BCUT2D eigenvalue weighted by Gasteiger charge is -2.24. The highest BCUT2D eigenvalue weighted by Gasteiger charge is 2.55. The van der Waals surface area contributed by atoms with Crippen molar-refractivity contribution >= 4 is 0 Å². The summed E-state index contributed by atoms with van der Waals surface area (Å²) < 4.78 is 22.0. The Hall–Kier alpha value is -0.940. The minimum Gasteiger partial charge on any atom is -0.368 e. The summed E-state index contributed by atoms with van der Waals surface area (Å²) in [6, 6.07) is 10.1. The van der Waals surface area contributed by atoms with E-state index in [0.29, 0.717) is 13.2 Å². The fourth-order valence-corrected chi connectivity index (χ4v) is 2.16. The van der Waals surface area contributed by atoms with Gasteiger partial charge in [0.1, 0.15) is 18.3 Å². The van der Waals surface area contributed by atoms with Gasteiger partial charge in [-0.25, -0.2) is 0 Å². The fraction of sp³-hybridized carbons (Fsp3) is 0.538. The Balaban J connectivity index is 1.51. The average molecular weight is 236 g/mol. The first-order valence-electron chi connectivity index (χ1n) is 5.84. The van der Waals surface area contributed by atoms with Crippen molar-refractivity contribution in [3.05, 3.63) is 35.9 Å². The first-order chi connectivity index (χ1) is 8.38. The molecule has 17 heavy (non-hydrogen) atoms. The van der Waals surface area contributed by atoms with E-state index in [2.05, 4.69) is 0 Å². The van der Waals surface area contributed by atoms with Crippen LogP contribution < -0.4 is 0 Å². The van der Waals surface area contributed by atoms with Gasteiger partial charge in [0.25, 0.3) is 0 Å². The highest BCUT2D eigenvalue weighted by atomic mass is 16.7. The molecule has 2 aliphatic rings. The second kappa shape index (κ2) is 4.74. The van der Waals surface area contributed by atoms with Crippen LogP contribution in [0.2, 0.25) is 0 Å². The van der Waals surface area contributed by atoms with E-state index in [1.807, 2.05) is 30.3 Å². The average Bonchev–Trinajstić information content (AvgIpc) is 3.17. The minimum absolute atomic E-state index is 0.0200. The second-order valence-corrected chi connectivity index (χ2v) is 4.34. The molecule has 2 heterocycles. The quantitative estimate of drug-likeness (QED) is 0.740. The maximum Gasteiger partial charge on any atom is 0.186 e. The predicted octanol–water partition coefficient (Wildman–Crippen LogP) is 1.34. The number of benzene rings is 1. The lowest BCUT2D eigenvalue weighted by Crippen LogP contribution is -2.39. The molecule has 0 amide bonds. The summed E-state index contributed by atoms with van der Waals surface area (Å²) >= 11 is 0. The van der Waals surface area contributed by atoms with Crippen LogP contribution in [0.15, 0.2) is 30.3 Å². The maximum absolute atomic E-state index is 5.81. The third-order valence-electron chi connectivity index (χ3n) is 3.16. The third kappa shape index (κ3) is 2.35. The van der Waals surface area contributed by atoms with Gasteiger partial charge < -0.3 is 18.9 Å².